The van der Waals surface area contributed by atoms with E-state index >= 15 is 0 Å². The standard InChI is InChI=1S/C29H34ClN3O7S2/c1-19-8-12-24(13-9-19)42(38,39)32(4)17-27-20(2)16-33(21(3)18-34)29(35)25-6-5-7-26(28(25)40-27)31-41(36,37)23-14-10-22(30)11-15-23/h5-15,20-21,27,31,34H,16-18H2,1-4H3/t20-,21-,27+/m1/s1. The molecular formula is C29H34ClN3O7S2. The number of carbonyl (C=O) groups excluding carboxylic acids is 1. The number of hydrogen-bond acceptors (Lipinski definition) is 7. The van der Waals surface area contributed by atoms with E-state index in [1.807, 2.05) is 13.8 Å². The van der Waals surface area contributed by atoms with Crippen LogP contribution in [0, 0.1) is 12.8 Å². The van der Waals surface area contributed by atoms with Crippen molar-refractivity contribution in [3.63, 3.8) is 0 Å². The number of aryl methyl sites for hydroxylation is 1. The van der Waals surface area contributed by atoms with Gasteiger partial charge in [0.2, 0.25) is 10.0 Å². The van der Waals surface area contributed by atoms with Gasteiger partial charge in [-0.05, 0) is 62.4 Å². The molecule has 3 atom stereocenters. The number of sulfonamides is 2. The lowest BCUT2D eigenvalue weighted by molar-refractivity contribution is 0.0389. The number of hydrogen-bond donors (Lipinski definition) is 2. The lowest BCUT2D eigenvalue weighted by Gasteiger charge is -2.38. The van der Waals surface area contributed by atoms with Crippen LogP contribution in [0.3, 0.4) is 0 Å². The number of aliphatic hydroxyl groups is 1. The predicted molar refractivity (Wildman–Crippen MR) is 161 cm³/mol. The number of ether oxygens (including phenoxy) is 1. The topological polar surface area (TPSA) is 133 Å². The van der Waals surface area contributed by atoms with Gasteiger partial charge in [0.05, 0.1) is 40.2 Å². The second-order valence-electron chi connectivity index (χ2n) is 10.5. The number of anilines is 1. The molecule has 0 spiro atoms. The molecule has 0 aromatic heterocycles. The number of fused-ring (bicyclic) bond motifs is 1. The van der Waals surface area contributed by atoms with E-state index in [2.05, 4.69) is 4.72 Å². The van der Waals surface area contributed by atoms with E-state index in [-0.39, 0.29) is 46.5 Å². The molecule has 0 saturated carbocycles. The van der Waals surface area contributed by atoms with Crippen LogP contribution in [0.4, 0.5) is 5.69 Å². The van der Waals surface area contributed by atoms with Crippen molar-refractivity contribution in [3.8, 4) is 5.75 Å². The zero-order valence-corrected chi connectivity index (χ0v) is 26.1. The summed E-state index contributed by atoms with van der Waals surface area (Å²) in [7, 11) is -6.56. The Morgan fingerprint density at radius 2 is 1.67 bits per heavy atom. The van der Waals surface area contributed by atoms with Crippen LogP contribution >= 0.6 is 11.6 Å². The Balaban J connectivity index is 1.76. The normalized spacial score (nSPS) is 18.5. The number of aliphatic hydroxyl groups excluding tert-OH is 1. The van der Waals surface area contributed by atoms with Gasteiger partial charge in [0.25, 0.3) is 15.9 Å². The molecule has 1 amide bonds. The molecular weight excluding hydrogens is 602 g/mol. The average molecular weight is 636 g/mol. The molecule has 3 aromatic carbocycles. The lowest BCUT2D eigenvalue weighted by atomic mass is 9.99. The largest absolute Gasteiger partial charge is 0.486 e. The van der Waals surface area contributed by atoms with E-state index in [9.17, 15) is 26.7 Å². The maximum absolute atomic E-state index is 13.7. The number of likely N-dealkylation sites (N-methyl/N-ethyl adjacent to an activating group) is 1. The fourth-order valence-corrected chi connectivity index (χ4v) is 6.97. The third kappa shape index (κ3) is 6.73. The summed E-state index contributed by atoms with van der Waals surface area (Å²) in [5, 5.41) is 10.3. The minimum atomic E-state index is -4.11. The van der Waals surface area contributed by atoms with Crippen molar-refractivity contribution in [2.24, 2.45) is 5.92 Å². The highest BCUT2D eigenvalue weighted by atomic mass is 35.5. The summed E-state index contributed by atoms with van der Waals surface area (Å²) in [6.45, 7) is 5.15. The molecule has 0 aliphatic carbocycles. The summed E-state index contributed by atoms with van der Waals surface area (Å²) in [5.41, 5.74) is 1.00. The van der Waals surface area contributed by atoms with Crippen molar-refractivity contribution < 1.29 is 31.5 Å². The maximum Gasteiger partial charge on any atom is 0.262 e. The van der Waals surface area contributed by atoms with Crippen LogP contribution in [-0.2, 0) is 20.0 Å². The molecule has 226 valence electrons. The molecule has 1 heterocycles. The van der Waals surface area contributed by atoms with Crippen LogP contribution in [0.5, 0.6) is 5.75 Å². The van der Waals surface area contributed by atoms with Crippen LogP contribution in [0.2, 0.25) is 5.02 Å². The monoisotopic (exact) mass is 635 g/mol. The van der Waals surface area contributed by atoms with Gasteiger partial charge in [-0.2, -0.15) is 4.31 Å². The van der Waals surface area contributed by atoms with Crippen molar-refractivity contribution in [2.75, 3.05) is 31.5 Å². The van der Waals surface area contributed by atoms with Gasteiger partial charge >= 0.3 is 0 Å². The molecule has 3 aromatic rings. The first-order chi connectivity index (χ1) is 19.7. The smallest absolute Gasteiger partial charge is 0.262 e. The van der Waals surface area contributed by atoms with Crippen LogP contribution in [0.25, 0.3) is 0 Å². The maximum atomic E-state index is 13.7. The molecule has 0 bridgehead atoms. The highest BCUT2D eigenvalue weighted by molar-refractivity contribution is 7.92. The number of benzene rings is 3. The van der Waals surface area contributed by atoms with Gasteiger partial charge in [0.15, 0.2) is 5.75 Å². The second kappa shape index (κ2) is 12.6. The summed E-state index contributed by atoms with van der Waals surface area (Å²) >= 11 is 5.92. The SMILES string of the molecule is Cc1ccc(S(=O)(=O)N(C)C[C@@H]2Oc3c(NS(=O)(=O)c4ccc(Cl)cc4)cccc3C(=O)N([C@H](C)CO)C[C@H]2C)cc1. The van der Waals surface area contributed by atoms with Crippen molar-refractivity contribution >= 4 is 43.2 Å². The molecule has 0 saturated heterocycles. The predicted octanol–water partition coefficient (Wildman–Crippen LogP) is 3.99. The van der Waals surface area contributed by atoms with E-state index < -0.39 is 44.0 Å². The minimum absolute atomic E-state index is 0.00977. The van der Waals surface area contributed by atoms with Crippen molar-refractivity contribution in [3.05, 3.63) is 82.9 Å². The Labute approximate surface area is 252 Å². The Morgan fingerprint density at radius 1 is 1.05 bits per heavy atom. The summed E-state index contributed by atoms with van der Waals surface area (Å²) in [4.78, 5) is 15.3. The Kier molecular flexibility index (Phi) is 9.53. The molecule has 10 nitrogen and oxygen atoms in total. The van der Waals surface area contributed by atoms with E-state index in [1.165, 1.54) is 70.9 Å². The van der Waals surface area contributed by atoms with Crippen LogP contribution in [0.1, 0.15) is 29.8 Å². The van der Waals surface area contributed by atoms with Crippen molar-refractivity contribution in [1.82, 2.24) is 9.21 Å². The van der Waals surface area contributed by atoms with Gasteiger partial charge in [-0.15, -0.1) is 0 Å². The average Bonchev–Trinajstić information content (AvgIpc) is 2.95. The van der Waals surface area contributed by atoms with Crippen molar-refractivity contribution in [2.45, 2.75) is 42.7 Å². The van der Waals surface area contributed by atoms with E-state index in [0.29, 0.717) is 5.02 Å². The zero-order valence-electron chi connectivity index (χ0n) is 23.7. The third-order valence-electron chi connectivity index (χ3n) is 7.23. The molecule has 4 rings (SSSR count). The fourth-order valence-electron chi connectivity index (χ4n) is 4.60. The van der Waals surface area contributed by atoms with Gasteiger partial charge in [0.1, 0.15) is 6.10 Å². The zero-order chi connectivity index (χ0) is 30.8. The summed E-state index contributed by atoms with van der Waals surface area (Å²) in [6, 6.07) is 16.0. The Hall–Kier alpha value is -3.16. The molecule has 13 heteroatoms. The molecule has 0 fully saturated rings. The van der Waals surface area contributed by atoms with Gasteiger partial charge in [0, 0.05) is 24.5 Å². The van der Waals surface area contributed by atoms with Gasteiger partial charge in [-0.25, -0.2) is 16.8 Å². The highest BCUT2D eigenvalue weighted by Gasteiger charge is 2.36. The number of nitrogens with one attached hydrogen (secondary N) is 1. The number of halogens is 1. The molecule has 2 N–H and O–H groups in total. The first-order valence-electron chi connectivity index (χ1n) is 13.3. The van der Waals surface area contributed by atoms with Crippen LogP contribution < -0.4 is 9.46 Å². The number of amides is 1. The summed E-state index contributed by atoms with van der Waals surface area (Å²) in [5.74, 6) is -0.898. The van der Waals surface area contributed by atoms with E-state index in [4.69, 9.17) is 16.3 Å². The van der Waals surface area contributed by atoms with E-state index in [0.717, 1.165) is 5.56 Å². The third-order valence-corrected chi connectivity index (χ3v) is 10.7. The first-order valence-corrected chi connectivity index (χ1v) is 16.6. The van der Waals surface area contributed by atoms with Gasteiger partial charge in [-0.3, -0.25) is 9.52 Å². The quantitative estimate of drug-likeness (QED) is 0.363. The first kappa shape index (κ1) is 31.8. The number of carbonyl (C=O) groups is 1. The van der Waals surface area contributed by atoms with Crippen molar-refractivity contribution in [1.29, 1.82) is 0 Å². The molecule has 0 radical (unpaired) electrons. The van der Waals surface area contributed by atoms with Gasteiger partial charge < -0.3 is 14.7 Å². The molecule has 0 unspecified atom stereocenters. The number of para-hydroxylation sites is 1. The lowest BCUT2D eigenvalue weighted by Crippen LogP contribution is -2.50. The van der Waals surface area contributed by atoms with Crippen LogP contribution in [-0.4, -0.2) is 75.9 Å². The highest BCUT2D eigenvalue weighted by Crippen LogP contribution is 2.36. The summed E-state index contributed by atoms with van der Waals surface area (Å²) in [6.07, 6.45) is -0.795. The second-order valence-corrected chi connectivity index (χ2v) is 14.6. The van der Waals surface area contributed by atoms with Crippen LogP contribution in [0.15, 0.2) is 76.5 Å². The minimum Gasteiger partial charge on any atom is -0.486 e. The number of nitrogens with zero attached hydrogens (tertiary/aromatic N) is 2. The molecule has 1 aliphatic rings. The molecule has 42 heavy (non-hydrogen) atoms. The number of rotatable bonds is 9. The Bertz CT molecular complexity index is 1650. The molecule has 1 aliphatic heterocycles. The fraction of sp³-hybridized carbons (Fsp3) is 0.345. The van der Waals surface area contributed by atoms with E-state index in [1.54, 1.807) is 19.1 Å². The Morgan fingerprint density at radius 3 is 2.29 bits per heavy atom. The van der Waals surface area contributed by atoms with Gasteiger partial charge in [-0.1, -0.05) is 42.3 Å². The summed E-state index contributed by atoms with van der Waals surface area (Å²) < 4.78 is 63.4.